The van der Waals surface area contributed by atoms with Crippen LogP contribution in [0.25, 0.3) is 0 Å². The normalized spacial score (nSPS) is 33.6. The summed E-state index contributed by atoms with van der Waals surface area (Å²) < 4.78 is 5.88. The van der Waals surface area contributed by atoms with Crippen LogP contribution in [0.4, 0.5) is 0 Å². The molecule has 0 amide bonds. The van der Waals surface area contributed by atoms with Crippen LogP contribution in [0, 0.1) is 18.8 Å². The summed E-state index contributed by atoms with van der Waals surface area (Å²) in [5.41, 5.74) is 2.63. The number of hydrogen-bond acceptors (Lipinski definition) is 1. The van der Waals surface area contributed by atoms with E-state index in [1.54, 1.807) is 0 Å². The molecule has 1 aromatic carbocycles. The van der Waals surface area contributed by atoms with Gasteiger partial charge in [-0.15, -0.1) is 11.6 Å². The summed E-state index contributed by atoms with van der Waals surface area (Å²) in [6.07, 6.45) is 1.52. The maximum atomic E-state index is 6.65. The van der Waals surface area contributed by atoms with Crippen LogP contribution in [0.3, 0.4) is 0 Å². The largest absolute Gasteiger partial charge is 0.375 e. The second-order valence-electron chi connectivity index (χ2n) is 5.69. The van der Waals surface area contributed by atoms with E-state index in [-0.39, 0.29) is 11.5 Å². The van der Waals surface area contributed by atoms with Gasteiger partial charge >= 0.3 is 0 Å². The lowest BCUT2D eigenvalue weighted by Crippen LogP contribution is -2.28. The van der Waals surface area contributed by atoms with Gasteiger partial charge in [-0.05, 0) is 38.7 Å². The van der Waals surface area contributed by atoms with E-state index in [1.165, 1.54) is 11.1 Å². The van der Waals surface area contributed by atoms with E-state index in [2.05, 4.69) is 52.0 Å². The molecule has 1 nitrogen and oxygen atoms in total. The van der Waals surface area contributed by atoms with E-state index in [9.17, 15) is 0 Å². The Morgan fingerprint density at radius 1 is 1.22 bits per heavy atom. The third-order valence-electron chi connectivity index (χ3n) is 4.25. The van der Waals surface area contributed by atoms with Crippen molar-refractivity contribution in [3.63, 3.8) is 0 Å². The average Bonchev–Trinajstić information content (AvgIpc) is 2.53. The quantitative estimate of drug-likeness (QED) is 0.745. The first kappa shape index (κ1) is 13.9. The van der Waals surface area contributed by atoms with Gasteiger partial charge in [0.25, 0.3) is 0 Å². The molecule has 1 aliphatic heterocycles. The summed E-state index contributed by atoms with van der Waals surface area (Å²) in [6.45, 7) is 8.68. The van der Waals surface area contributed by atoms with Gasteiger partial charge in [0.05, 0.1) is 12.2 Å². The first-order valence-electron chi connectivity index (χ1n) is 6.84. The molecule has 2 heteroatoms. The molecule has 1 aliphatic rings. The molecule has 0 spiro atoms. The van der Waals surface area contributed by atoms with Crippen LogP contribution in [0.5, 0.6) is 0 Å². The zero-order valence-electron chi connectivity index (χ0n) is 11.7. The Labute approximate surface area is 115 Å². The molecule has 2 rings (SSSR count). The highest BCUT2D eigenvalue weighted by Crippen LogP contribution is 2.37. The van der Waals surface area contributed by atoms with Crippen LogP contribution < -0.4 is 0 Å². The number of benzene rings is 1. The summed E-state index contributed by atoms with van der Waals surface area (Å²) in [7, 11) is 0. The molecule has 100 valence electrons. The lowest BCUT2D eigenvalue weighted by atomic mass is 9.84. The molecule has 0 N–H and O–H groups in total. The van der Waals surface area contributed by atoms with Crippen molar-refractivity contribution in [3.8, 4) is 0 Å². The fraction of sp³-hybridized carbons (Fsp3) is 0.625. The van der Waals surface area contributed by atoms with Gasteiger partial charge in [0.1, 0.15) is 0 Å². The van der Waals surface area contributed by atoms with Gasteiger partial charge in [-0.25, -0.2) is 0 Å². The lowest BCUT2D eigenvalue weighted by molar-refractivity contribution is 0.0508. The topological polar surface area (TPSA) is 9.23 Å². The van der Waals surface area contributed by atoms with Crippen LogP contribution in [0.15, 0.2) is 24.3 Å². The molecule has 0 bridgehead atoms. The van der Waals surface area contributed by atoms with Crippen molar-refractivity contribution in [3.05, 3.63) is 35.4 Å². The van der Waals surface area contributed by atoms with Gasteiger partial charge in [0.2, 0.25) is 0 Å². The van der Waals surface area contributed by atoms with Crippen LogP contribution in [-0.2, 0) is 11.2 Å². The highest BCUT2D eigenvalue weighted by molar-refractivity contribution is 6.21. The SMILES string of the molecule is Cc1cccc(CC(Cl)C2C(C)OC(C)C2C)c1. The summed E-state index contributed by atoms with van der Waals surface area (Å²) in [6, 6.07) is 8.62. The van der Waals surface area contributed by atoms with E-state index < -0.39 is 0 Å². The third kappa shape index (κ3) is 2.89. The Kier molecular flexibility index (Phi) is 4.34. The van der Waals surface area contributed by atoms with Crippen LogP contribution in [0.2, 0.25) is 0 Å². The first-order valence-corrected chi connectivity index (χ1v) is 7.27. The van der Waals surface area contributed by atoms with Crippen LogP contribution in [-0.4, -0.2) is 17.6 Å². The first-order chi connectivity index (χ1) is 8.49. The predicted molar refractivity (Wildman–Crippen MR) is 77.2 cm³/mol. The molecule has 0 saturated carbocycles. The van der Waals surface area contributed by atoms with Crippen LogP contribution >= 0.6 is 11.6 Å². The number of halogens is 1. The van der Waals surface area contributed by atoms with E-state index in [4.69, 9.17) is 16.3 Å². The van der Waals surface area contributed by atoms with E-state index in [0.29, 0.717) is 17.9 Å². The molecule has 0 radical (unpaired) electrons. The minimum absolute atomic E-state index is 0.154. The molecule has 1 saturated heterocycles. The predicted octanol–water partition coefficient (Wildman–Crippen LogP) is 4.20. The van der Waals surface area contributed by atoms with Crippen molar-refractivity contribution in [2.45, 2.75) is 51.7 Å². The number of alkyl halides is 1. The highest BCUT2D eigenvalue weighted by Gasteiger charge is 2.40. The number of rotatable bonds is 3. The lowest BCUT2D eigenvalue weighted by Gasteiger charge is -2.24. The molecule has 1 heterocycles. The maximum Gasteiger partial charge on any atom is 0.0596 e. The van der Waals surface area contributed by atoms with Crippen molar-refractivity contribution in [2.24, 2.45) is 11.8 Å². The van der Waals surface area contributed by atoms with Gasteiger partial charge in [0, 0.05) is 11.3 Å². The number of hydrogen-bond donors (Lipinski definition) is 0. The minimum atomic E-state index is 0.154. The monoisotopic (exact) mass is 266 g/mol. The highest BCUT2D eigenvalue weighted by atomic mass is 35.5. The molecule has 1 fully saturated rings. The van der Waals surface area contributed by atoms with Crippen molar-refractivity contribution in [1.29, 1.82) is 0 Å². The summed E-state index contributed by atoms with van der Waals surface area (Å²) in [5, 5.41) is 0.154. The van der Waals surface area contributed by atoms with Gasteiger partial charge in [0.15, 0.2) is 0 Å². The number of ether oxygens (including phenoxy) is 1. The third-order valence-corrected chi connectivity index (χ3v) is 4.69. The molecule has 5 atom stereocenters. The maximum absolute atomic E-state index is 6.65. The average molecular weight is 267 g/mol. The van der Waals surface area contributed by atoms with E-state index in [1.807, 2.05) is 0 Å². The summed E-state index contributed by atoms with van der Waals surface area (Å²) in [5.74, 6) is 0.981. The number of aryl methyl sites for hydroxylation is 1. The second kappa shape index (κ2) is 5.63. The van der Waals surface area contributed by atoms with Crippen molar-refractivity contribution in [1.82, 2.24) is 0 Å². The molecular weight excluding hydrogens is 244 g/mol. The molecule has 5 unspecified atom stereocenters. The summed E-state index contributed by atoms with van der Waals surface area (Å²) >= 11 is 6.65. The Bertz CT molecular complexity index is 404. The Morgan fingerprint density at radius 2 is 1.94 bits per heavy atom. The molecule has 0 aromatic heterocycles. The van der Waals surface area contributed by atoms with E-state index in [0.717, 1.165) is 6.42 Å². The summed E-state index contributed by atoms with van der Waals surface area (Å²) in [4.78, 5) is 0. The van der Waals surface area contributed by atoms with Crippen molar-refractivity contribution < 1.29 is 4.74 Å². The Morgan fingerprint density at radius 3 is 2.50 bits per heavy atom. The van der Waals surface area contributed by atoms with Gasteiger partial charge in [-0.1, -0.05) is 36.8 Å². The Hall–Kier alpha value is -0.530. The molecular formula is C16H23ClO. The fourth-order valence-electron chi connectivity index (χ4n) is 3.12. The van der Waals surface area contributed by atoms with Crippen molar-refractivity contribution >= 4 is 11.6 Å². The van der Waals surface area contributed by atoms with Gasteiger partial charge in [-0.2, -0.15) is 0 Å². The fourth-order valence-corrected chi connectivity index (χ4v) is 3.73. The zero-order chi connectivity index (χ0) is 13.3. The second-order valence-corrected chi connectivity index (χ2v) is 6.25. The molecule has 18 heavy (non-hydrogen) atoms. The standard InChI is InChI=1S/C16H23ClO/c1-10-6-5-7-14(8-10)9-15(17)16-11(2)12(3)18-13(16)4/h5-8,11-13,15-16H,9H2,1-4H3. The van der Waals surface area contributed by atoms with Gasteiger partial charge in [-0.3, -0.25) is 0 Å². The molecule has 0 aliphatic carbocycles. The minimum Gasteiger partial charge on any atom is -0.375 e. The zero-order valence-corrected chi connectivity index (χ0v) is 12.4. The smallest absolute Gasteiger partial charge is 0.0596 e. The Balaban J connectivity index is 2.06. The van der Waals surface area contributed by atoms with Crippen LogP contribution in [0.1, 0.15) is 31.9 Å². The molecule has 1 aromatic rings. The van der Waals surface area contributed by atoms with Crippen molar-refractivity contribution in [2.75, 3.05) is 0 Å². The van der Waals surface area contributed by atoms with Gasteiger partial charge < -0.3 is 4.74 Å². The van der Waals surface area contributed by atoms with E-state index >= 15 is 0 Å².